The summed E-state index contributed by atoms with van der Waals surface area (Å²) in [5, 5.41) is 6.34. The fraction of sp³-hybridized carbons (Fsp3) is 0.125. The molecule has 0 aliphatic carbocycles. The zero-order valence-corrected chi connectivity index (χ0v) is 20.3. The average Bonchev–Trinajstić information content (AvgIpc) is 3.46. The molecule has 4 atom stereocenters. The second kappa shape index (κ2) is 8.63. The van der Waals surface area contributed by atoms with E-state index in [0.717, 1.165) is 22.3 Å². The van der Waals surface area contributed by atoms with Crippen LogP contribution in [0.2, 0.25) is 0 Å². The van der Waals surface area contributed by atoms with Crippen molar-refractivity contribution in [1.29, 1.82) is 0 Å². The Labute approximate surface area is 219 Å². The Morgan fingerprint density at radius 2 is 1.26 bits per heavy atom. The van der Waals surface area contributed by atoms with Gasteiger partial charge in [0.25, 0.3) is 0 Å². The number of hydrogen-bond acceptors (Lipinski definition) is 5. The van der Waals surface area contributed by atoms with E-state index in [1.807, 2.05) is 72.8 Å². The molecule has 0 unspecified atom stereocenters. The third-order valence-electron chi connectivity index (χ3n) is 7.85. The molecule has 0 radical (unpaired) electrons. The molecule has 6 nitrogen and oxygen atoms in total. The lowest BCUT2D eigenvalue weighted by Crippen LogP contribution is -2.44. The number of Topliss-reactive ketones (excluding diaryl/α,β-unsaturated/α-hetero) is 1. The van der Waals surface area contributed by atoms with E-state index >= 15 is 0 Å². The molecule has 4 aromatic rings. The van der Waals surface area contributed by atoms with Crippen molar-refractivity contribution in [2.45, 2.75) is 12.1 Å². The maximum atomic E-state index is 14.1. The number of benzene rings is 4. The summed E-state index contributed by atoms with van der Waals surface area (Å²) in [4.78, 5) is 43.2. The largest absolute Gasteiger partial charge is 0.292 e. The van der Waals surface area contributed by atoms with Gasteiger partial charge in [-0.1, -0.05) is 97.1 Å². The topological polar surface area (TPSA) is 70.0 Å². The number of carbonyl (C=O) groups excluding carboxylic acids is 3. The van der Waals surface area contributed by atoms with Gasteiger partial charge in [-0.2, -0.15) is 5.10 Å². The molecule has 3 aliphatic rings. The van der Waals surface area contributed by atoms with Crippen LogP contribution in [0.1, 0.15) is 27.5 Å². The van der Waals surface area contributed by atoms with Crippen LogP contribution in [-0.2, 0) is 9.59 Å². The van der Waals surface area contributed by atoms with E-state index in [1.165, 1.54) is 4.90 Å². The maximum Gasteiger partial charge on any atom is 0.240 e. The highest BCUT2D eigenvalue weighted by molar-refractivity contribution is 6.24. The number of ketones is 1. The van der Waals surface area contributed by atoms with Crippen molar-refractivity contribution in [2.75, 3.05) is 4.90 Å². The number of amides is 2. The maximum absolute atomic E-state index is 14.1. The van der Waals surface area contributed by atoms with Crippen LogP contribution in [0.4, 0.5) is 5.69 Å². The van der Waals surface area contributed by atoms with E-state index in [4.69, 9.17) is 0 Å². The fourth-order valence-corrected chi connectivity index (χ4v) is 6.13. The number of hydrogen-bond donors (Lipinski definition) is 0. The van der Waals surface area contributed by atoms with Crippen molar-refractivity contribution >= 4 is 29.5 Å². The summed E-state index contributed by atoms with van der Waals surface area (Å²) >= 11 is 0. The van der Waals surface area contributed by atoms with Crippen LogP contribution in [0.15, 0.2) is 114 Å². The van der Waals surface area contributed by atoms with Gasteiger partial charge in [-0.3, -0.25) is 19.4 Å². The Morgan fingerprint density at radius 1 is 0.658 bits per heavy atom. The molecule has 0 aromatic heterocycles. The predicted octanol–water partition coefficient (Wildman–Crippen LogP) is 5.12. The van der Waals surface area contributed by atoms with E-state index in [1.54, 1.807) is 47.6 Å². The van der Waals surface area contributed by atoms with Gasteiger partial charge in [0.1, 0.15) is 6.04 Å². The first-order valence-corrected chi connectivity index (χ1v) is 12.7. The first-order chi connectivity index (χ1) is 18.6. The molecule has 3 aliphatic heterocycles. The molecule has 2 amide bonds. The van der Waals surface area contributed by atoms with Gasteiger partial charge in [-0.15, -0.1) is 0 Å². The van der Waals surface area contributed by atoms with Crippen LogP contribution in [0.5, 0.6) is 0 Å². The number of imide groups is 1. The van der Waals surface area contributed by atoms with Gasteiger partial charge < -0.3 is 0 Å². The second-order valence-electron chi connectivity index (χ2n) is 9.85. The van der Waals surface area contributed by atoms with E-state index in [0.29, 0.717) is 11.3 Å². The third-order valence-corrected chi connectivity index (χ3v) is 7.85. The van der Waals surface area contributed by atoms with Crippen LogP contribution in [0.3, 0.4) is 0 Å². The molecule has 0 spiro atoms. The lowest BCUT2D eigenvalue weighted by Gasteiger charge is -2.33. The predicted molar refractivity (Wildman–Crippen MR) is 145 cm³/mol. The summed E-state index contributed by atoms with van der Waals surface area (Å²) in [7, 11) is 0. The Kier molecular flexibility index (Phi) is 5.08. The highest BCUT2D eigenvalue weighted by Gasteiger charge is 2.65. The van der Waals surface area contributed by atoms with Crippen LogP contribution >= 0.6 is 0 Å². The van der Waals surface area contributed by atoms with Gasteiger partial charge in [-0.05, 0) is 34.4 Å². The smallest absolute Gasteiger partial charge is 0.240 e. The standard InChI is InChI=1S/C32H23N3O3/c36-30(22-17-15-21(16-18-22)20-9-3-1-4-10-20)29-27-26(28-25-14-8-7-11-23(25)19-33-35(28)29)31(37)34(32(27)38)24-12-5-2-6-13-24/h1-19,26-29H/t26-,27-,28-,29+/m1/s1. The van der Waals surface area contributed by atoms with E-state index < -0.39 is 23.9 Å². The van der Waals surface area contributed by atoms with Gasteiger partial charge in [0.2, 0.25) is 11.8 Å². The Hall–Kier alpha value is -4.84. The summed E-state index contributed by atoms with van der Waals surface area (Å²) in [6.07, 6.45) is 1.72. The molecule has 7 rings (SSSR count). The van der Waals surface area contributed by atoms with Gasteiger partial charge in [0.15, 0.2) is 5.78 Å². The molecule has 0 saturated carbocycles. The van der Waals surface area contributed by atoms with Crippen molar-refractivity contribution in [3.05, 3.63) is 126 Å². The summed E-state index contributed by atoms with van der Waals surface area (Å²) < 4.78 is 0. The third kappa shape index (κ3) is 3.27. The molecular formula is C32H23N3O3. The molecular weight excluding hydrogens is 474 g/mol. The highest BCUT2D eigenvalue weighted by Crippen LogP contribution is 2.53. The van der Waals surface area contributed by atoms with Crippen molar-refractivity contribution < 1.29 is 14.4 Å². The molecule has 0 bridgehead atoms. The number of rotatable bonds is 4. The summed E-state index contributed by atoms with van der Waals surface area (Å²) in [5.74, 6) is -2.40. The van der Waals surface area contributed by atoms with Gasteiger partial charge >= 0.3 is 0 Å². The number of nitrogens with zero attached hydrogens (tertiary/aromatic N) is 3. The quantitative estimate of drug-likeness (QED) is 0.290. The molecule has 38 heavy (non-hydrogen) atoms. The molecule has 2 fully saturated rings. The number of para-hydroxylation sites is 1. The molecule has 184 valence electrons. The SMILES string of the molecule is O=C(c1ccc(-c2ccccc2)cc1)[C@@H]1[C@@H]2C(=O)N(c3ccccc3)C(=O)[C@H]2[C@H]2c3ccccc3C=NN12. The number of fused-ring (bicyclic) bond motifs is 5. The molecule has 0 N–H and O–H groups in total. The average molecular weight is 498 g/mol. The van der Waals surface area contributed by atoms with Crippen LogP contribution < -0.4 is 4.90 Å². The summed E-state index contributed by atoms with van der Waals surface area (Å²) in [6.45, 7) is 0. The van der Waals surface area contributed by atoms with Crippen molar-refractivity contribution in [3.8, 4) is 11.1 Å². The van der Waals surface area contributed by atoms with Crippen molar-refractivity contribution in [3.63, 3.8) is 0 Å². The lowest BCUT2D eigenvalue weighted by molar-refractivity contribution is -0.124. The molecule has 2 saturated heterocycles. The minimum absolute atomic E-state index is 0.213. The summed E-state index contributed by atoms with van der Waals surface area (Å²) in [5.41, 5.74) is 4.86. The zero-order valence-electron chi connectivity index (χ0n) is 20.3. The Morgan fingerprint density at radius 3 is 2.00 bits per heavy atom. The molecule has 6 heteroatoms. The van der Waals surface area contributed by atoms with Crippen molar-refractivity contribution in [2.24, 2.45) is 16.9 Å². The van der Waals surface area contributed by atoms with Gasteiger partial charge in [-0.25, -0.2) is 4.90 Å². The van der Waals surface area contributed by atoms with E-state index in [-0.39, 0.29) is 17.6 Å². The van der Waals surface area contributed by atoms with Gasteiger partial charge in [0, 0.05) is 5.56 Å². The first-order valence-electron chi connectivity index (χ1n) is 12.7. The Bertz CT molecular complexity index is 1600. The lowest BCUT2D eigenvalue weighted by atomic mass is 9.83. The van der Waals surface area contributed by atoms with Crippen LogP contribution in [-0.4, -0.2) is 34.9 Å². The second-order valence-corrected chi connectivity index (χ2v) is 9.85. The minimum Gasteiger partial charge on any atom is -0.292 e. The number of hydrazone groups is 1. The van der Waals surface area contributed by atoms with E-state index in [9.17, 15) is 14.4 Å². The summed E-state index contributed by atoms with van der Waals surface area (Å²) in [6, 6.07) is 32.7. The van der Waals surface area contributed by atoms with E-state index in [2.05, 4.69) is 5.10 Å². The molecule has 4 aromatic carbocycles. The normalized spacial score (nSPS) is 23.3. The zero-order chi connectivity index (χ0) is 25.8. The highest BCUT2D eigenvalue weighted by atomic mass is 16.2. The van der Waals surface area contributed by atoms with Gasteiger partial charge in [0.05, 0.1) is 29.8 Å². The number of anilines is 1. The number of carbonyl (C=O) groups is 3. The molecule has 3 heterocycles. The minimum atomic E-state index is -0.887. The first kappa shape index (κ1) is 22.4. The fourth-order valence-electron chi connectivity index (χ4n) is 6.13. The van der Waals surface area contributed by atoms with Crippen LogP contribution in [0.25, 0.3) is 11.1 Å². The Balaban J connectivity index is 1.31. The van der Waals surface area contributed by atoms with Crippen LogP contribution in [0, 0.1) is 11.8 Å². The van der Waals surface area contributed by atoms with Crippen molar-refractivity contribution in [1.82, 2.24) is 5.01 Å². The monoisotopic (exact) mass is 497 g/mol.